The van der Waals surface area contributed by atoms with Gasteiger partial charge in [0.2, 0.25) is 0 Å². The molecule has 3 heteroatoms. The first-order valence-electron chi connectivity index (χ1n) is 6.34. The maximum absolute atomic E-state index is 12.3. The van der Waals surface area contributed by atoms with E-state index in [1.165, 1.54) is 0 Å². The van der Waals surface area contributed by atoms with E-state index in [4.69, 9.17) is 5.11 Å². The minimum atomic E-state index is -0.929. The second kappa shape index (κ2) is 5.46. The maximum atomic E-state index is 12.3. The summed E-state index contributed by atoms with van der Waals surface area (Å²) in [4.78, 5) is 23.3. The summed E-state index contributed by atoms with van der Waals surface area (Å²) in [5, 5.41) is 9.06. The Hall–Kier alpha value is -0.860. The van der Waals surface area contributed by atoms with Gasteiger partial charge < -0.3 is 5.11 Å². The van der Waals surface area contributed by atoms with E-state index in [0.717, 1.165) is 38.5 Å². The fourth-order valence-corrected chi connectivity index (χ4v) is 3.08. The van der Waals surface area contributed by atoms with Crippen LogP contribution < -0.4 is 0 Å². The summed E-state index contributed by atoms with van der Waals surface area (Å²) >= 11 is 0. The highest BCUT2D eigenvalue weighted by Gasteiger charge is 2.45. The van der Waals surface area contributed by atoms with Gasteiger partial charge in [0.05, 0.1) is 0 Å². The molecule has 1 fully saturated rings. The molecule has 1 N–H and O–H groups in total. The van der Waals surface area contributed by atoms with Crippen molar-refractivity contribution >= 4 is 11.8 Å². The molecule has 0 saturated heterocycles. The third kappa shape index (κ3) is 2.45. The lowest BCUT2D eigenvalue weighted by Gasteiger charge is -2.38. The van der Waals surface area contributed by atoms with Crippen LogP contribution in [0.2, 0.25) is 0 Å². The van der Waals surface area contributed by atoms with Crippen LogP contribution in [0.15, 0.2) is 0 Å². The van der Waals surface area contributed by atoms with Gasteiger partial charge in [-0.1, -0.05) is 33.1 Å². The molecule has 0 aromatic heterocycles. The van der Waals surface area contributed by atoms with Gasteiger partial charge in [0.25, 0.3) is 0 Å². The Morgan fingerprint density at radius 3 is 2.38 bits per heavy atom. The van der Waals surface area contributed by atoms with Crippen LogP contribution in [0.25, 0.3) is 0 Å². The summed E-state index contributed by atoms with van der Waals surface area (Å²) in [5.41, 5.74) is -0.329. The van der Waals surface area contributed by atoms with E-state index >= 15 is 0 Å². The Bertz CT molecular complexity index is 259. The van der Waals surface area contributed by atoms with Crippen molar-refractivity contribution in [3.05, 3.63) is 0 Å². The minimum Gasteiger partial charge on any atom is -0.481 e. The molecule has 1 rings (SSSR count). The Labute approximate surface area is 97.2 Å². The quantitative estimate of drug-likeness (QED) is 0.733. The largest absolute Gasteiger partial charge is 0.481 e. The summed E-state index contributed by atoms with van der Waals surface area (Å²) in [6, 6.07) is 0. The molecule has 92 valence electrons. The van der Waals surface area contributed by atoms with Crippen molar-refractivity contribution in [1.29, 1.82) is 0 Å². The normalized spacial score (nSPS) is 24.4. The number of carboxylic acid groups (broad SMARTS) is 1. The highest BCUT2D eigenvalue weighted by molar-refractivity contribution is 6.01. The van der Waals surface area contributed by atoms with E-state index in [9.17, 15) is 9.59 Å². The van der Waals surface area contributed by atoms with E-state index in [0.29, 0.717) is 6.42 Å². The lowest BCUT2D eigenvalue weighted by Crippen LogP contribution is -2.42. The molecule has 1 aliphatic carbocycles. The van der Waals surface area contributed by atoms with Gasteiger partial charge >= 0.3 is 5.97 Å². The summed E-state index contributed by atoms with van der Waals surface area (Å²) in [5.74, 6) is -1.68. The topological polar surface area (TPSA) is 54.4 Å². The maximum Gasteiger partial charge on any atom is 0.314 e. The molecule has 1 aliphatic rings. The van der Waals surface area contributed by atoms with Gasteiger partial charge in [0, 0.05) is 5.41 Å². The van der Waals surface area contributed by atoms with Crippen LogP contribution in [-0.2, 0) is 9.59 Å². The number of carbonyl (C=O) groups is 2. The number of aliphatic carboxylic acids is 1. The molecule has 0 spiro atoms. The monoisotopic (exact) mass is 226 g/mol. The molecular formula is C13H22O3. The molecule has 0 radical (unpaired) electrons. The first-order valence-corrected chi connectivity index (χ1v) is 6.34. The molecule has 0 aromatic carbocycles. The number of ketones is 1. The summed E-state index contributed by atoms with van der Waals surface area (Å²) in [7, 11) is 0. The first-order chi connectivity index (χ1) is 7.57. The van der Waals surface area contributed by atoms with E-state index in [2.05, 4.69) is 13.8 Å². The van der Waals surface area contributed by atoms with Crippen molar-refractivity contribution in [1.82, 2.24) is 0 Å². The van der Waals surface area contributed by atoms with Gasteiger partial charge in [-0.05, 0) is 25.7 Å². The van der Waals surface area contributed by atoms with E-state index in [1.807, 2.05) is 0 Å². The van der Waals surface area contributed by atoms with Crippen molar-refractivity contribution in [3.8, 4) is 0 Å². The Kier molecular flexibility index (Phi) is 4.51. The average Bonchev–Trinajstić information content (AvgIpc) is 2.22. The van der Waals surface area contributed by atoms with Crippen molar-refractivity contribution in [2.45, 2.75) is 58.8 Å². The highest BCUT2D eigenvalue weighted by Crippen LogP contribution is 2.43. The van der Waals surface area contributed by atoms with E-state index in [1.54, 1.807) is 0 Å². The molecule has 1 atom stereocenters. The molecule has 0 bridgehead atoms. The number of Topliss-reactive ketones (excluding diaryl/α,β-unsaturated/α-hetero) is 1. The van der Waals surface area contributed by atoms with Crippen molar-refractivity contribution in [3.63, 3.8) is 0 Å². The van der Waals surface area contributed by atoms with Gasteiger partial charge in [-0.2, -0.15) is 0 Å². The SMILES string of the molecule is CCCC1(CCC)CCCC(C(=O)O)C1=O. The summed E-state index contributed by atoms with van der Waals surface area (Å²) in [6.45, 7) is 4.13. The van der Waals surface area contributed by atoms with E-state index < -0.39 is 11.9 Å². The zero-order valence-electron chi connectivity index (χ0n) is 10.3. The van der Waals surface area contributed by atoms with Gasteiger partial charge in [0.1, 0.15) is 5.92 Å². The lowest BCUT2D eigenvalue weighted by molar-refractivity contribution is -0.153. The van der Waals surface area contributed by atoms with Crippen LogP contribution in [0.3, 0.4) is 0 Å². The number of carboxylic acids is 1. The predicted molar refractivity (Wildman–Crippen MR) is 62.2 cm³/mol. The molecule has 0 aliphatic heterocycles. The van der Waals surface area contributed by atoms with Crippen molar-refractivity contribution in [2.24, 2.45) is 11.3 Å². The summed E-state index contributed by atoms with van der Waals surface area (Å²) < 4.78 is 0. The molecular weight excluding hydrogens is 204 g/mol. The zero-order valence-corrected chi connectivity index (χ0v) is 10.3. The van der Waals surface area contributed by atoms with Crippen molar-refractivity contribution < 1.29 is 14.7 Å². The third-order valence-electron chi connectivity index (χ3n) is 3.74. The van der Waals surface area contributed by atoms with E-state index in [-0.39, 0.29) is 11.2 Å². The van der Waals surface area contributed by atoms with Gasteiger partial charge in [-0.25, -0.2) is 0 Å². The second-order valence-corrected chi connectivity index (χ2v) is 4.93. The highest BCUT2D eigenvalue weighted by atomic mass is 16.4. The Balaban J connectivity index is 2.89. The Morgan fingerprint density at radius 1 is 1.38 bits per heavy atom. The molecule has 3 nitrogen and oxygen atoms in total. The molecule has 0 aromatic rings. The molecule has 16 heavy (non-hydrogen) atoms. The van der Waals surface area contributed by atoms with Gasteiger partial charge in [-0.15, -0.1) is 0 Å². The lowest BCUT2D eigenvalue weighted by atomic mass is 9.64. The van der Waals surface area contributed by atoms with Gasteiger partial charge in [-0.3, -0.25) is 9.59 Å². The second-order valence-electron chi connectivity index (χ2n) is 4.93. The summed E-state index contributed by atoms with van der Waals surface area (Å²) in [6.07, 6.45) is 5.91. The predicted octanol–water partition coefficient (Wildman–Crippen LogP) is 3.03. The fraction of sp³-hybridized carbons (Fsp3) is 0.846. The molecule has 1 saturated carbocycles. The van der Waals surface area contributed by atoms with Crippen LogP contribution in [0, 0.1) is 11.3 Å². The van der Waals surface area contributed by atoms with Crippen LogP contribution in [0.4, 0.5) is 0 Å². The molecule has 0 amide bonds. The number of rotatable bonds is 5. The Morgan fingerprint density at radius 2 is 1.94 bits per heavy atom. The van der Waals surface area contributed by atoms with Crippen LogP contribution in [-0.4, -0.2) is 16.9 Å². The minimum absolute atomic E-state index is 0.00468. The number of hydrogen-bond acceptors (Lipinski definition) is 2. The fourth-order valence-electron chi connectivity index (χ4n) is 3.08. The van der Waals surface area contributed by atoms with Crippen molar-refractivity contribution in [2.75, 3.05) is 0 Å². The molecule has 0 heterocycles. The van der Waals surface area contributed by atoms with Crippen LogP contribution in [0.5, 0.6) is 0 Å². The number of carbonyl (C=O) groups excluding carboxylic acids is 1. The smallest absolute Gasteiger partial charge is 0.314 e. The zero-order chi connectivity index (χ0) is 12.2. The van der Waals surface area contributed by atoms with Crippen LogP contribution in [0.1, 0.15) is 58.8 Å². The van der Waals surface area contributed by atoms with Crippen LogP contribution >= 0.6 is 0 Å². The molecule has 1 unspecified atom stereocenters. The number of hydrogen-bond donors (Lipinski definition) is 1. The third-order valence-corrected chi connectivity index (χ3v) is 3.74. The standard InChI is InChI=1S/C13H22O3/c1-3-7-13(8-4-2)9-5-6-10(11(13)14)12(15)16/h10H,3-9H2,1-2H3,(H,15,16). The average molecular weight is 226 g/mol. The first kappa shape index (κ1) is 13.2. The van der Waals surface area contributed by atoms with Gasteiger partial charge in [0.15, 0.2) is 5.78 Å².